The molecule has 0 fully saturated rings. The standard InChI is InChI=1S/C10H5Cl3N6/c11-6-1-8(13)9(2-7(6)12)15-4-5(3-14)10-16-18-19-17-10/h1-2,4,15H,(H,16,17,18,19). The summed E-state index contributed by atoms with van der Waals surface area (Å²) in [6.07, 6.45) is 1.40. The minimum Gasteiger partial charge on any atom is -0.359 e. The van der Waals surface area contributed by atoms with Crippen molar-refractivity contribution in [3.8, 4) is 6.07 Å². The summed E-state index contributed by atoms with van der Waals surface area (Å²) in [5, 5.41) is 25.9. The number of nitrogens with one attached hydrogen (secondary N) is 2. The van der Waals surface area contributed by atoms with Gasteiger partial charge >= 0.3 is 0 Å². The first-order valence-corrected chi connectivity index (χ1v) is 6.00. The quantitative estimate of drug-likeness (QED) is 0.671. The lowest BCUT2D eigenvalue weighted by atomic mass is 10.3. The number of nitriles is 1. The SMILES string of the molecule is N#CC(=CNc1cc(Cl)c(Cl)cc1Cl)c1nn[nH]n1. The van der Waals surface area contributed by atoms with E-state index in [1.165, 1.54) is 12.3 Å². The fourth-order valence-electron chi connectivity index (χ4n) is 1.21. The molecule has 0 aliphatic rings. The fourth-order valence-corrected chi connectivity index (χ4v) is 1.81. The van der Waals surface area contributed by atoms with Gasteiger partial charge in [0.25, 0.3) is 0 Å². The van der Waals surface area contributed by atoms with Crippen LogP contribution in [-0.2, 0) is 0 Å². The summed E-state index contributed by atoms with van der Waals surface area (Å²) >= 11 is 17.7. The van der Waals surface area contributed by atoms with Crippen molar-refractivity contribution in [2.75, 3.05) is 5.32 Å². The minimum atomic E-state index is 0.172. The van der Waals surface area contributed by atoms with Gasteiger partial charge in [0, 0.05) is 6.20 Å². The highest BCUT2D eigenvalue weighted by molar-refractivity contribution is 6.44. The van der Waals surface area contributed by atoms with E-state index in [9.17, 15) is 0 Å². The predicted molar refractivity (Wildman–Crippen MR) is 72.9 cm³/mol. The highest BCUT2D eigenvalue weighted by Gasteiger charge is 2.08. The van der Waals surface area contributed by atoms with Gasteiger partial charge in [0.05, 0.1) is 20.8 Å². The van der Waals surface area contributed by atoms with Gasteiger partial charge < -0.3 is 5.32 Å². The van der Waals surface area contributed by atoms with E-state index in [2.05, 4.69) is 25.9 Å². The van der Waals surface area contributed by atoms with Gasteiger partial charge in [0.2, 0.25) is 5.82 Å². The van der Waals surface area contributed by atoms with Crippen molar-refractivity contribution in [1.82, 2.24) is 20.6 Å². The average Bonchev–Trinajstić information content (AvgIpc) is 2.90. The van der Waals surface area contributed by atoms with Crippen molar-refractivity contribution in [3.63, 3.8) is 0 Å². The molecule has 1 aromatic carbocycles. The Kier molecular flexibility index (Phi) is 4.22. The highest BCUT2D eigenvalue weighted by Crippen LogP contribution is 2.32. The first kappa shape index (κ1) is 13.6. The summed E-state index contributed by atoms with van der Waals surface area (Å²) in [6, 6.07) is 4.98. The number of allylic oxidation sites excluding steroid dienone is 1. The molecule has 1 heterocycles. The lowest BCUT2D eigenvalue weighted by molar-refractivity contribution is 0.881. The molecule has 0 aliphatic heterocycles. The lowest BCUT2D eigenvalue weighted by Gasteiger charge is -2.06. The van der Waals surface area contributed by atoms with Crippen LogP contribution in [0.15, 0.2) is 18.3 Å². The molecule has 2 N–H and O–H groups in total. The predicted octanol–water partition coefficient (Wildman–Crippen LogP) is 3.14. The van der Waals surface area contributed by atoms with Crippen molar-refractivity contribution >= 4 is 46.1 Å². The Morgan fingerprint density at radius 3 is 2.63 bits per heavy atom. The second-order valence-electron chi connectivity index (χ2n) is 3.30. The number of rotatable bonds is 3. The Hall–Kier alpha value is -1.81. The third-order valence-corrected chi connectivity index (χ3v) is 3.12. The maximum atomic E-state index is 8.98. The number of tetrazole rings is 1. The van der Waals surface area contributed by atoms with Gasteiger partial charge in [-0.3, -0.25) is 0 Å². The summed E-state index contributed by atoms with van der Waals surface area (Å²) < 4.78 is 0. The molecule has 0 aliphatic carbocycles. The molecule has 19 heavy (non-hydrogen) atoms. The van der Waals surface area contributed by atoms with E-state index in [0.717, 1.165) is 0 Å². The number of anilines is 1. The normalized spacial score (nSPS) is 11.2. The Bertz CT molecular complexity index is 659. The number of benzene rings is 1. The summed E-state index contributed by atoms with van der Waals surface area (Å²) in [4.78, 5) is 0. The van der Waals surface area contributed by atoms with Gasteiger partial charge in [-0.1, -0.05) is 34.8 Å². The second-order valence-corrected chi connectivity index (χ2v) is 4.52. The molecular formula is C10H5Cl3N6. The van der Waals surface area contributed by atoms with Crippen LogP contribution < -0.4 is 5.32 Å². The van der Waals surface area contributed by atoms with Crippen LogP contribution in [0.1, 0.15) is 5.82 Å². The number of hydrogen-bond acceptors (Lipinski definition) is 5. The summed E-state index contributed by atoms with van der Waals surface area (Å²) in [7, 11) is 0. The van der Waals surface area contributed by atoms with Crippen LogP contribution in [0.3, 0.4) is 0 Å². The molecule has 0 atom stereocenters. The number of hydrogen-bond donors (Lipinski definition) is 2. The summed E-state index contributed by atoms with van der Waals surface area (Å²) in [6.45, 7) is 0. The molecule has 6 nitrogen and oxygen atoms in total. The molecule has 0 radical (unpaired) electrons. The Labute approximate surface area is 123 Å². The van der Waals surface area contributed by atoms with Crippen molar-refractivity contribution in [3.05, 3.63) is 39.2 Å². The molecule has 0 spiro atoms. The van der Waals surface area contributed by atoms with Crippen molar-refractivity contribution in [2.45, 2.75) is 0 Å². The maximum absolute atomic E-state index is 8.98. The molecule has 1 aromatic heterocycles. The Morgan fingerprint density at radius 1 is 1.26 bits per heavy atom. The molecule has 0 saturated heterocycles. The topological polar surface area (TPSA) is 90.3 Å². The number of aromatic nitrogens is 4. The number of halogens is 3. The molecule has 0 unspecified atom stereocenters. The van der Waals surface area contributed by atoms with E-state index in [0.29, 0.717) is 20.8 Å². The minimum absolute atomic E-state index is 0.172. The molecule has 2 aromatic rings. The molecule has 0 bridgehead atoms. The van der Waals surface area contributed by atoms with Gasteiger partial charge in [0.1, 0.15) is 11.6 Å². The van der Waals surface area contributed by atoms with E-state index in [1.54, 1.807) is 6.07 Å². The van der Waals surface area contributed by atoms with E-state index in [-0.39, 0.29) is 11.4 Å². The smallest absolute Gasteiger partial charge is 0.216 e. The van der Waals surface area contributed by atoms with Gasteiger partial charge in [-0.15, -0.1) is 10.2 Å². The zero-order valence-corrected chi connectivity index (χ0v) is 11.4. The van der Waals surface area contributed by atoms with Crippen LogP contribution in [-0.4, -0.2) is 20.6 Å². The lowest BCUT2D eigenvalue weighted by Crippen LogP contribution is -1.94. The van der Waals surface area contributed by atoms with Crippen molar-refractivity contribution in [2.24, 2.45) is 0 Å². The van der Waals surface area contributed by atoms with Crippen molar-refractivity contribution < 1.29 is 0 Å². The van der Waals surface area contributed by atoms with E-state index >= 15 is 0 Å². The summed E-state index contributed by atoms with van der Waals surface area (Å²) in [5.41, 5.74) is 0.697. The number of nitrogens with zero attached hydrogens (tertiary/aromatic N) is 4. The summed E-state index contributed by atoms with van der Waals surface area (Å²) in [5.74, 6) is 0.172. The van der Waals surface area contributed by atoms with E-state index in [4.69, 9.17) is 40.1 Å². The van der Waals surface area contributed by atoms with Crippen LogP contribution >= 0.6 is 34.8 Å². The molecule has 9 heteroatoms. The van der Waals surface area contributed by atoms with Crippen molar-refractivity contribution in [1.29, 1.82) is 5.26 Å². The van der Waals surface area contributed by atoms with Gasteiger partial charge in [-0.25, -0.2) is 0 Å². The van der Waals surface area contributed by atoms with Crippen LogP contribution in [0.2, 0.25) is 15.1 Å². The average molecular weight is 316 g/mol. The van der Waals surface area contributed by atoms with Crippen LogP contribution in [0.25, 0.3) is 5.57 Å². The largest absolute Gasteiger partial charge is 0.359 e. The van der Waals surface area contributed by atoms with Gasteiger partial charge in [-0.05, 0) is 17.3 Å². The van der Waals surface area contributed by atoms with E-state index in [1.807, 2.05) is 6.07 Å². The number of H-pyrrole nitrogens is 1. The number of aromatic amines is 1. The van der Waals surface area contributed by atoms with Crippen LogP contribution in [0.5, 0.6) is 0 Å². The molecule has 0 saturated carbocycles. The molecule has 96 valence electrons. The maximum Gasteiger partial charge on any atom is 0.216 e. The Balaban J connectivity index is 2.27. The zero-order valence-electron chi connectivity index (χ0n) is 9.15. The third-order valence-electron chi connectivity index (χ3n) is 2.09. The fraction of sp³-hybridized carbons (Fsp3) is 0. The first-order valence-electron chi connectivity index (χ1n) is 4.87. The van der Waals surface area contributed by atoms with Gasteiger partial charge in [-0.2, -0.15) is 10.5 Å². The third kappa shape index (κ3) is 3.15. The molecule has 2 rings (SSSR count). The molecular weight excluding hydrogens is 311 g/mol. The van der Waals surface area contributed by atoms with Crippen LogP contribution in [0, 0.1) is 11.3 Å². The second kappa shape index (κ2) is 5.89. The first-order chi connectivity index (χ1) is 9.11. The van der Waals surface area contributed by atoms with E-state index < -0.39 is 0 Å². The highest BCUT2D eigenvalue weighted by atomic mass is 35.5. The Morgan fingerprint density at radius 2 is 2.00 bits per heavy atom. The zero-order chi connectivity index (χ0) is 13.8. The van der Waals surface area contributed by atoms with Crippen LogP contribution in [0.4, 0.5) is 5.69 Å². The van der Waals surface area contributed by atoms with Gasteiger partial charge in [0.15, 0.2) is 0 Å². The monoisotopic (exact) mass is 314 g/mol. The molecule has 0 amide bonds.